The quantitative estimate of drug-likeness (QED) is 0.595. The number of thiazole rings is 1. The molecule has 152 valence electrons. The first-order valence-corrected chi connectivity index (χ1v) is 10.4. The predicted octanol–water partition coefficient (Wildman–Crippen LogP) is 3.06. The molecule has 2 aromatic heterocycles. The third-order valence-electron chi connectivity index (χ3n) is 4.65. The van der Waals surface area contributed by atoms with Crippen LogP contribution in [0.5, 0.6) is 0 Å². The van der Waals surface area contributed by atoms with E-state index >= 15 is 0 Å². The Hall–Kier alpha value is -3.45. The van der Waals surface area contributed by atoms with E-state index in [-0.39, 0.29) is 12.2 Å². The highest BCUT2D eigenvalue weighted by molar-refractivity contribution is 7.07. The van der Waals surface area contributed by atoms with Crippen molar-refractivity contribution >= 4 is 29.5 Å². The molecule has 0 saturated heterocycles. The van der Waals surface area contributed by atoms with Crippen LogP contribution in [0.15, 0.2) is 80.3 Å². The Labute approximate surface area is 176 Å². The van der Waals surface area contributed by atoms with Gasteiger partial charge >= 0.3 is 5.97 Å². The maximum absolute atomic E-state index is 13.2. The van der Waals surface area contributed by atoms with Crippen LogP contribution < -0.4 is 14.9 Å². The van der Waals surface area contributed by atoms with Crippen molar-refractivity contribution in [3.8, 4) is 0 Å². The van der Waals surface area contributed by atoms with Gasteiger partial charge in [0, 0.05) is 6.08 Å². The van der Waals surface area contributed by atoms with Gasteiger partial charge < -0.3 is 9.15 Å². The van der Waals surface area contributed by atoms with Crippen molar-refractivity contribution in [1.29, 1.82) is 0 Å². The molecule has 0 spiro atoms. The molecule has 1 aliphatic rings. The van der Waals surface area contributed by atoms with Gasteiger partial charge in [-0.3, -0.25) is 9.36 Å². The van der Waals surface area contributed by atoms with E-state index in [9.17, 15) is 9.59 Å². The number of carbonyl (C=O) groups excluding carboxylic acids is 1. The van der Waals surface area contributed by atoms with Crippen LogP contribution in [-0.4, -0.2) is 17.1 Å². The third kappa shape index (κ3) is 3.84. The van der Waals surface area contributed by atoms with Crippen molar-refractivity contribution in [2.24, 2.45) is 4.99 Å². The number of fused-ring (bicyclic) bond motifs is 1. The number of furan rings is 1. The van der Waals surface area contributed by atoms with E-state index < -0.39 is 12.0 Å². The number of aromatic nitrogens is 1. The molecule has 6 nitrogen and oxygen atoms in total. The van der Waals surface area contributed by atoms with Gasteiger partial charge in [-0.15, -0.1) is 0 Å². The maximum Gasteiger partial charge on any atom is 0.338 e. The largest absolute Gasteiger partial charge is 0.465 e. The molecular formula is C23H20N2O4S. The lowest BCUT2D eigenvalue weighted by Crippen LogP contribution is -2.38. The van der Waals surface area contributed by atoms with Crippen molar-refractivity contribution < 1.29 is 13.9 Å². The first-order chi connectivity index (χ1) is 14.6. The minimum absolute atomic E-state index is 0.229. The van der Waals surface area contributed by atoms with Gasteiger partial charge in [0.2, 0.25) is 0 Å². The highest BCUT2D eigenvalue weighted by atomic mass is 32.1. The Morgan fingerprint density at radius 2 is 2.07 bits per heavy atom. The summed E-state index contributed by atoms with van der Waals surface area (Å²) in [6.07, 6.45) is 6.98. The van der Waals surface area contributed by atoms with E-state index in [2.05, 4.69) is 4.99 Å². The van der Waals surface area contributed by atoms with Crippen LogP contribution in [0.4, 0.5) is 0 Å². The van der Waals surface area contributed by atoms with Gasteiger partial charge in [0.05, 0.1) is 34.7 Å². The summed E-state index contributed by atoms with van der Waals surface area (Å²) >= 11 is 1.26. The van der Waals surface area contributed by atoms with Crippen molar-refractivity contribution in [2.75, 3.05) is 6.61 Å². The zero-order chi connectivity index (χ0) is 21.1. The minimum Gasteiger partial charge on any atom is -0.465 e. The Bertz CT molecular complexity index is 1300. The van der Waals surface area contributed by atoms with Crippen LogP contribution in [0, 0.1) is 0 Å². The van der Waals surface area contributed by atoms with E-state index in [0.29, 0.717) is 26.4 Å². The molecule has 0 N–H and O–H groups in total. The van der Waals surface area contributed by atoms with Crippen LogP contribution >= 0.6 is 11.3 Å². The van der Waals surface area contributed by atoms with Gasteiger partial charge in [0.1, 0.15) is 5.76 Å². The summed E-state index contributed by atoms with van der Waals surface area (Å²) in [7, 11) is 0. The van der Waals surface area contributed by atoms with Gasteiger partial charge in [-0.2, -0.15) is 0 Å². The van der Waals surface area contributed by atoms with Crippen LogP contribution in [0.2, 0.25) is 0 Å². The highest BCUT2D eigenvalue weighted by Crippen LogP contribution is 2.26. The number of rotatable bonds is 5. The zero-order valence-electron chi connectivity index (χ0n) is 16.6. The normalized spacial score (nSPS) is 16.6. The predicted molar refractivity (Wildman–Crippen MR) is 115 cm³/mol. The number of nitrogens with zero attached hydrogens (tertiary/aromatic N) is 2. The Kier molecular flexibility index (Phi) is 5.63. The average molecular weight is 420 g/mol. The fraction of sp³-hybridized carbons (Fsp3) is 0.174. The number of hydrogen-bond acceptors (Lipinski definition) is 6. The van der Waals surface area contributed by atoms with Crippen molar-refractivity contribution in [1.82, 2.24) is 4.57 Å². The molecule has 7 heteroatoms. The molecule has 0 saturated carbocycles. The summed E-state index contributed by atoms with van der Waals surface area (Å²) in [5.41, 5.74) is 1.64. The first kappa shape index (κ1) is 19.8. The van der Waals surface area contributed by atoms with Crippen molar-refractivity contribution in [2.45, 2.75) is 19.9 Å². The maximum atomic E-state index is 13.2. The topological polar surface area (TPSA) is 73.8 Å². The fourth-order valence-corrected chi connectivity index (χ4v) is 4.32. The Morgan fingerprint density at radius 3 is 2.77 bits per heavy atom. The summed E-state index contributed by atoms with van der Waals surface area (Å²) in [4.78, 5) is 31.0. The number of benzene rings is 1. The molecular weight excluding hydrogens is 400 g/mol. The van der Waals surface area contributed by atoms with Crippen LogP contribution in [0.25, 0.3) is 12.2 Å². The molecule has 0 fully saturated rings. The number of carbonyl (C=O) groups is 1. The molecule has 1 aliphatic heterocycles. The second-order valence-electron chi connectivity index (χ2n) is 6.63. The number of esters is 1. The monoisotopic (exact) mass is 420 g/mol. The average Bonchev–Trinajstić information content (AvgIpc) is 3.35. The highest BCUT2D eigenvalue weighted by Gasteiger charge is 2.30. The molecule has 0 radical (unpaired) electrons. The van der Waals surface area contributed by atoms with E-state index in [4.69, 9.17) is 9.15 Å². The molecule has 0 unspecified atom stereocenters. The fourth-order valence-electron chi connectivity index (χ4n) is 3.29. The smallest absolute Gasteiger partial charge is 0.338 e. The van der Waals surface area contributed by atoms with Crippen molar-refractivity contribution in [3.63, 3.8) is 0 Å². The standard InChI is InChI=1S/C23H20N2O4S/c1-3-28-22(27)20-15(2)24-23-25(18(20)12-11-16-8-5-4-6-9-16)21(26)19(30-23)14-17-10-7-13-29-17/h4-14,18H,3H2,1-2H3/b12-11+,19-14-/t18-/m1/s1. The molecule has 3 heterocycles. The third-order valence-corrected chi connectivity index (χ3v) is 5.63. The van der Waals surface area contributed by atoms with Gasteiger partial charge in [0.25, 0.3) is 5.56 Å². The second-order valence-corrected chi connectivity index (χ2v) is 7.64. The Balaban J connectivity index is 1.88. The second kappa shape index (κ2) is 8.51. The van der Waals surface area contributed by atoms with Gasteiger partial charge in [-0.25, -0.2) is 9.79 Å². The number of hydrogen-bond donors (Lipinski definition) is 0. The molecule has 30 heavy (non-hydrogen) atoms. The summed E-state index contributed by atoms with van der Waals surface area (Å²) in [5.74, 6) is 0.111. The summed E-state index contributed by atoms with van der Waals surface area (Å²) in [6.45, 7) is 3.76. The summed E-state index contributed by atoms with van der Waals surface area (Å²) < 4.78 is 12.6. The van der Waals surface area contributed by atoms with Gasteiger partial charge in [-0.1, -0.05) is 53.8 Å². The van der Waals surface area contributed by atoms with E-state index in [1.54, 1.807) is 38.3 Å². The molecule has 3 aromatic rings. The van der Waals surface area contributed by atoms with E-state index in [1.165, 1.54) is 15.9 Å². The van der Waals surface area contributed by atoms with Gasteiger partial charge in [0.15, 0.2) is 4.80 Å². The summed E-state index contributed by atoms with van der Waals surface area (Å²) in [5, 5.41) is 0. The van der Waals surface area contributed by atoms with E-state index in [1.807, 2.05) is 42.5 Å². The summed E-state index contributed by atoms with van der Waals surface area (Å²) in [6, 6.07) is 12.6. The SMILES string of the molecule is CCOC(=O)C1=C(C)N=c2s/c(=C\c3ccco3)c(=O)n2[C@@H]1/C=C/c1ccccc1. The zero-order valence-corrected chi connectivity index (χ0v) is 17.4. The number of ether oxygens (including phenoxy) is 1. The molecule has 1 atom stereocenters. The molecule has 4 rings (SSSR count). The van der Waals surface area contributed by atoms with Gasteiger partial charge in [-0.05, 0) is 31.5 Å². The van der Waals surface area contributed by atoms with E-state index in [0.717, 1.165) is 5.56 Å². The lowest BCUT2D eigenvalue weighted by Gasteiger charge is -2.21. The molecule has 0 amide bonds. The first-order valence-electron chi connectivity index (χ1n) is 9.55. The number of allylic oxidation sites excluding steroid dienone is 2. The molecule has 0 bridgehead atoms. The van der Waals surface area contributed by atoms with Crippen LogP contribution in [0.3, 0.4) is 0 Å². The van der Waals surface area contributed by atoms with Crippen LogP contribution in [-0.2, 0) is 9.53 Å². The lowest BCUT2D eigenvalue weighted by molar-refractivity contribution is -0.139. The Morgan fingerprint density at radius 1 is 1.27 bits per heavy atom. The molecule has 0 aliphatic carbocycles. The lowest BCUT2D eigenvalue weighted by atomic mass is 10.0. The van der Waals surface area contributed by atoms with Crippen molar-refractivity contribution in [3.05, 3.63) is 97.1 Å². The minimum atomic E-state index is -0.612. The molecule has 1 aromatic carbocycles. The van der Waals surface area contributed by atoms with Crippen LogP contribution in [0.1, 0.15) is 31.2 Å².